The highest BCUT2D eigenvalue weighted by molar-refractivity contribution is 7.92. The van der Waals surface area contributed by atoms with Gasteiger partial charge in [-0.3, -0.25) is 4.72 Å². The van der Waals surface area contributed by atoms with E-state index in [-0.39, 0.29) is 10.6 Å². The summed E-state index contributed by atoms with van der Waals surface area (Å²) in [6.45, 7) is 0. The van der Waals surface area contributed by atoms with Crippen LogP contribution in [-0.4, -0.2) is 13.4 Å². The highest BCUT2D eigenvalue weighted by atomic mass is 32.2. The summed E-state index contributed by atoms with van der Waals surface area (Å²) in [6, 6.07) is 6.49. The number of hydrogen-bond acceptors (Lipinski definition) is 4. The van der Waals surface area contributed by atoms with Gasteiger partial charge in [0.05, 0.1) is 5.69 Å². The molecule has 5 nitrogen and oxygen atoms in total. The summed E-state index contributed by atoms with van der Waals surface area (Å²) < 4.78 is 52.2. The zero-order valence-corrected chi connectivity index (χ0v) is 10.7. The molecular weight excluding hydrogens is 288 g/mol. The van der Waals surface area contributed by atoms with Gasteiger partial charge in [-0.05, 0) is 24.3 Å². The van der Waals surface area contributed by atoms with E-state index in [4.69, 9.17) is 5.26 Å². The molecular formula is C12H7F2N3O2S. The molecule has 0 spiro atoms. The molecule has 2 rings (SSSR count). The van der Waals surface area contributed by atoms with E-state index in [1.54, 1.807) is 6.07 Å². The molecule has 0 atom stereocenters. The molecule has 0 aliphatic carbocycles. The van der Waals surface area contributed by atoms with Crippen LogP contribution in [0.1, 0.15) is 5.69 Å². The Morgan fingerprint density at radius 2 is 1.95 bits per heavy atom. The van der Waals surface area contributed by atoms with Gasteiger partial charge in [-0.25, -0.2) is 22.2 Å². The van der Waals surface area contributed by atoms with E-state index in [2.05, 4.69) is 4.98 Å². The van der Waals surface area contributed by atoms with Gasteiger partial charge in [-0.1, -0.05) is 0 Å². The fraction of sp³-hybridized carbons (Fsp3) is 0. The Morgan fingerprint density at radius 3 is 2.55 bits per heavy atom. The first kappa shape index (κ1) is 13.9. The molecule has 0 amide bonds. The molecule has 20 heavy (non-hydrogen) atoms. The summed E-state index contributed by atoms with van der Waals surface area (Å²) in [5.74, 6) is -1.68. The largest absolute Gasteiger partial charge is 0.276 e. The highest BCUT2D eigenvalue weighted by Gasteiger charge is 2.17. The summed E-state index contributed by atoms with van der Waals surface area (Å²) in [6.07, 6.45) is 0.956. The monoisotopic (exact) mass is 295 g/mol. The molecule has 0 bridgehead atoms. The average molecular weight is 295 g/mol. The summed E-state index contributed by atoms with van der Waals surface area (Å²) in [7, 11) is -4.11. The number of halogens is 2. The second-order valence-electron chi connectivity index (χ2n) is 3.72. The van der Waals surface area contributed by atoms with E-state index in [9.17, 15) is 17.2 Å². The maximum Gasteiger partial charge on any atom is 0.263 e. The molecule has 1 N–H and O–H groups in total. The third-order valence-corrected chi connectivity index (χ3v) is 3.68. The average Bonchev–Trinajstić information content (AvgIpc) is 2.43. The Labute approximate surface area is 113 Å². The third-order valence-electron chi connectivity index (χ3n) is 2.33. The van der Waals surface area contributed by atoms with Gasteiger partial charge in [0.1, 0.15) is 28.3 Å². The predicted molar refractivity (Wildman–Crippen MR) is 66.1 cm³/mol. The minimum Gasteiger partial charge on any atom is -0.276 e. The predicted octanol–water partition coefficient (Wildman–Crippen LogP) is 2.03. The number of pyridine rings is 1. The maximum atomic E-state index is 13.4. The Kier molecular flexibility index (Phi) is 3.63. The number of hydrogen-bond donors (Lipinski definition) is 1. The second-order valence-corrected chi connectivity index (χ2v) is 5.40. The van der Waals surface area contributed by atoms with Gasteiger partial charge in [0.15, 0.2) is 0 Å². The van der Waals surface area contributed by atoms with Gasteiger partial charge >= 0.3 is 0 Å². The van der Waals surface area contributed by atoms with Crippen molar-refractivity contribution in [2.24, 2.45) is 0 Å². The molecule has 0 saturated heterocycles. The van der Waals surface area contributed by atoms with Gasteiger partial charge in [-0.2, -0.15) is 5.26 Å². The molecule has 8 heteroatoms. The van der Waals surface area contributed by atoms with Crippen molar-refractivity contribution in [3.63, 3.8) is 0 Å². The number of benzene rings is 1. The van der Waals surface area contributed by atoms with E-state index in [1.165, 1.54) is 6.07 Å². The number of rotatable bonds is 3. The maximum absolute atomic E-state index is 13.4. The lowest BCUT2D eigenvalue weighted by molar-refractivity contribution is 0.594. The quantitative estimate of drug-likeness (QED) is 0.939. The van der Waals surface area contributed by atoms with E-state index in [0.717, 1.165) is 30.5 Å². The van der Waals surface area contributed by atoms with Crippen LogP contribution in [0.3, 0.4) is 0 Å². The van der Waals surface area contributed by atoms with Gasteiger partial charge in [-0.15, -0.1) is 0 Å². The Hall–Kier alpha value is -2.53. The van der Waals surface area contributed by atoms with Crippen LogP contribution in [0.2, 0.25) is 0 Å². The fourth-order valence-electron chi connectivity index (χ4n) is 1.38. The van der Waals surface area contributed by atoms with Crippen LogP contribution in [0.4, 0.5) is 14.5 Å². The SMILES string of the molecule is N#Cc1ccc(S(=O)(=O)Nc2cc(F)ccc2F)cn1. The van der Waals surface area contributed by atoms with Gasteiger partial charge in [0, 0.05) is 12.3 Å². The van der Waals surface area contributed by atoms with Crippen molar-refractivity contribution >= 4 is 15.7 Å². The van der Waals surface area contributed by atoms with Crippen molar-refractivity contribution in [1.29, 1.82) is 5.26 Å². The molecule has 102 valence electrons. The molecule has 1 aromatic heterocycles. The van der Waals surface area contributed by atoms with Crippen molar-refractivity contribution in [2.45, 2.75) is 4.90 Å². The normalized spacial score (nSPS) is 10.8. The number of anilines is 1. The number of nitrogens with zero attached hydrogens (tertiary/aromatic N) is 2. The summed E-state index contributed by atoms with van der Waals surface area (Å²) in [5.41, 5.74) is -0.463. The zero-order valence-electron chi connectivity index (χ0n) is 9.84. The standard InChI is InChI=1S/C12H7F2N3O2S/c13-8-1-4-11(14)12(5-8)17-20(18,19)10-3-2-9(6-15)16-7-10/h1-5,7,17H. The van der Waals surface area contributed by atoms with Crippen molar-refractivity contribution in [3.8, 4) is 6.07 Å². The van der Waals surface area contributed by atoms with Crippen molar-refractivity contribution in [1.82, 2.24) is 4.98 Å². The second kappa shape index (κ2) is 5.22. The molecule has 0 unspecified atom stereocenters. The van der Waals surface area contributed by atoms with Crippen LogP contribution in [0, 0.1) is 23.0 Å². The molecule has 0 aliphatic heterocycles. The summed E-state index contributed by atoms with van der Waals surface area (Å²) in [4.78, 5) is 3.33. The minimum absolute atomic E-state index is 0.0425. The summed E-state index contributed by atoms with van der Waals surface area (Å²) >= 11 is 0. The molecule has 1 heterocycles. The smallest absolute Gasteiger partial charge is 0.263 e. The van der Waals surface area contributed by atoms with Crippen LogP contribution in [0.5, 0.6) is 0 Å². The number of nitriles is 1. The Balaban J connectivity index is 2.35. The first-order valence-electron chi connectivity index (χ1n) is 5.26. The Morgan fingerprint density at radius 1 is 1.20 bits per heavy atom. The van der Waals surface area contributed by atoms with Crippen LogP contribution < -0.4 is 4.72 Å². The minimum atomic E-state index is -4.11. The molecule has 0 fully saturated rings. The van der Waals surface area contributed by atoms with Crippen molar-refractivity contribution in [3.05, 3.63) is 53.9 Å². The van der Waals surface area contributed by atoms with E-state index < -0.39 is 27.3 Å². The van der Waals surface area contributed by atoms with E-state index in [0.29, 0.717) is 0 Å². The van der Waals surface area contributed by atoms with Gasteiger partial charge in [0.2, 0.25) is 0 Å². The molecule has 0 saturated carbocycles. The molecule has 0 radical (unpaired) electrons. The summed E-state index contributed by atoms with van der Waals surface area (Å²) in [5, 5.41) is 8.56. The first-order valence-corrected chi connectivity index (χ1v) is 6.75. The number of nitrogens with one attached hydrogen (secondary N) is 1. The lowest BCUT2D eigenvalue weighted by Crippen LogP contribution is -2.14. The number of sulfonamides is 1. The molecule has 0 aliphatic rings. The lowest BCUT2D eigenvalue weighted by Gasteiger charge is -2.08. The Bertz CT molecular complexity index is 783. The topological polar surface area (TPSA) is 82.8 Å². The van der Waals surface area contributed by atoms with Crippen LogP contribution in [0.25, 0.3) is 0 Å². The van der Waals surface area contributed by atoms with Gasteiger partial charge in [0.25, 0.3) is 10.0 Å². The highest BCUT2D eigenvalue weighted by Crippen LogP contribution is 2.19. The molecule has 2 aromatic rings. The first-order chi connectivity index (χ1) is 9.42. The number of aromatic nitrogens is 1. The molecule has 1 aromatic carbocycles. The van der Waals surface area contributed by atoms with Crippen molar-refractivity contribution in [2.75, 3.05) is 4.72 Å². The van der Waals surface area contributed by atoms with Crippen LogP contribution in [-0.2, 0) is 10.0 Å². The van der Waals surface area contributed by atoms with Crippen molar-refractivity contribution < 1.29 is 17.2 Å². The van der Waals surface area contributed by atoms with Crippen LogP contribution >= 0.6 is 0 Å². The third kappa shape index (κ3) is 2.89. The zero-order chi connectivity index (χ0) is 14.8. The fourth-order valence-corrected chi connectivity index (χ4v) is 2.39. The van der Waals surface area contributed by atoms with E-state index >= 15 is 0 Å². The lowest BCUT2D eigenvalue weighted by atomic mass is 10.3. The van der Waals surface area contributed by atoms with Crippen LogP contribution in [0.15, 0.2) is 41.4 Å². The van der Waals surface area contributed by atoms with E-state index in [1.807, 2.05) is 4.72 Å². The van der Waals surface area contributed by atoms with Gasteiger partial charge < -0.3 is 0 Å².